The van der Waals surface area contributed by atoms with Gasteiger partial charge in [-0.15, -0.1) is 0 Å². The van der Waals surface area contributed by atoms with Crippen LogP contribution in [0.2, 0.25) is 0 Å². The molecule has 0 fully saturated rings. The summed E-state index contributed by atoms with van der Waals surface area (Å²) in [6, 6.07) is 5.10. The lowest BCUT2D eigenvalue weighted by Crippen LogP contribution is -2.45. The Morgan fingerprint density at radius 2 is 1.85 bits per heavy atom. The zero-order valence-corrected chi connectivity index (χ0v) is 24.6. The second-order valence-corrected chi connectivity index (χ2v) is 9.51. The molecule has 4 N–H and O–H groups in total. The molecule has 3 amide bonds. The molecular formula is C25H26Br2N4O8. The van der Waals surface area contributed by atoms with E-state index in [4.69, 9.17) is 18.9 Å². The summed E-state index contributed by atoms with van der Waals surface area (Å²) in [5.41, 5.74) is 4.07. The first-order valence-electron chi connectivity index (χ1n) is 11.4. The number of phenols is 1. The lowest BCUT2D eigenvalue weighted by atomic mass is 9.95. The summed E-state index contributed by atoms with van der Waals surface area (Å²) in [7, 11) is 2.84. The van der Waals surface area contributed by atoms with Gasteiger partial charge < -0.3 is 34.7 Å². The van der Waals surface area contributed by atoms with Crippen molar-refractivity contribution in [2.75, 3.05) is 27.4 Å². The van der Waals surface area contributed by atoms with Gasteiger partial charge in [0, 0.05) is 15.7 Å². The van der Waals surface area contributed by atoms with Crippen molar-refractivity contribution in [1.29, 1.82) is 0 Å². The number of nitrogens with one attached hydrogen (secondary N) is 3. The molecule has 208 valence electrons. The van der Waals surface area contributed by atoms with Crippen molar-refractivity contribution in [2.45, 2.75) is 19.9 Å². The summed E-state index contributed by atoms with van der Waals surface area (Å²) in [6.07, 6.45) is 1.37. The minimum atomic E-state index is -0.781. The lowest BCUT2D eigenvalue weighted by Gasteiger charge is -2.28. The number of hydrogen-bond donors (Lipinski definition) is 4. The number of halogens is 2. The molecule has 0 bridgehead atoms. The standard InChI is InChI=1S/C25H26Br2N4O8/c1-5-38-24(34)19-12(2)29-25(35)30-22(19)13-6-7-15(16(8-13)36-3)39-11-18(32)31-28-10-14-9-17(37-4)23(33)21(27)20(14)26/h6-10,22,33H,5,11H2,1-4H3,(H,31,32)(H2,29,30,35)/b28-10-/t22-/m0/s1. The Morgan fingerprint density at radius 1 is 1.13 bits per heavy atom. The SMILES string of the molecule is CCOC(=O)C1=C(C)NC(=O)N[C@H]1c1ccc(OCC(=O)N/N=C\c2cc(OC)c(O)c(Br)c2Br)c(OC)c1. The number of methoxy groups -OCH3 is 2. The Hall–Kier alpha value is -3.78. The molecule has 0 saturated heterocycles. The van der Waals surface area contributed by atoms with Gasteiger partial charge >= 0.3 is 12.0 Å². The number of phenolic OH excluding ortho intramolecular Hbond substituents is 1. The molecule has 12 nitrogen and oxygen atoms in total. The fourth-order valence-corrected chi connectivity index (χ4v) is 4.45. The number of allylic oxidation sites excluding steroid dienone is 1. The molecular weight excluding hydrogens is 644 g/mol. The molecule has 14 heteroatoms. The van der Waals surface area contributed by atoms with Crippen molar-refractivity contribution in [2.24, 2.45) is 5.10 Å². The molecule has 0 radical (unpaired) electrons. The largest absolute Gasteiger partial charge is 0.503 e. The number of esters is 1. The minimum Gasteiger partial charge on any atom is -0.503 e. The van der Waals surface area contributed by atoms with Crippen LogP contribution in [0.5, 0.6) is 23.0 Å². The number of carbonyl (C=O) groups is 3. The molecule has 1 aliphatic rings. The average molecular weight is 670 g/mol. The van der Waals surface area contributed by atoms with Gasteiger partial charge in [0.1, 0.15) is 0 Å². The van der Waals surface area contributed by atoms with Crippen molar-refractivity contribution < 1.29 is 38.4 Å². The molecule has 1 heterocycles. The number of benzene rings is 2. The molecule has 0 aliphatic carbocycles. The molecule has 0 saturated carbocycles. The third kappa shape index (κ3) is 7.00. The Kier molecular flexibility index (Phi) is 10.2. The number of hydrazone groups is 1. The molecule has 2 aromatic rings. The number of aromatic hydroxyl groups is 1. The van der Waals surface area contributed by atoms with E-state index in [9.17, 15) is 19.5 Å². The first kappa shape index (κ1) is 29.8. The smallest absolute Gasteiger partial charge is 0.338 e. The normalized spacial score (nSPS) is 14.9. The Balaban J connectivity index is 1.70. The third-order valence-electron chi connectivity index (χ3n) is 5.43. The van der Waals surface area contributed by atoms with E-state index >= 15 is 0 Å². The Bertz CT molecular complexity index is 1350. The third-order valence-corrected chi connectivity index (χ3v) is 7.59. The summed E-state index contributed by atoms with van der Waals surface area (Å²) >= 11 is 6.59. The molecule has 2 aromatic carbocycles. The molecule has 0 spiro atoms. The van der Waals surface area contributed by atoms with Crippen LogP contribution < -0.4 is 30.3 Å². The maximum absolute atomic E-state index is 12.6. The van der Waals surface area contributed by atoms with E-state index in [0.717, 1.165) is 0 Å². The quantitative estimate of drug-likeness (QED) is 0.170. The van der Waals surface area contributed by atoms with Gasteiger partial charge in [-0.3, -0.25) is 4.79 Å². The maximum atomic E-state index is 12.6. The monoisotopic (exact) mass is 668 g/mol. The lowest BCUT2D eigenvalue weighted by molar-refractivity contribution is -0.139. The van der Waals surface area contributed by atoms with Crippen LogP contribution >= 0.6 is 31.9 Å². The second-order valence-electron chi connectivity index (χ2n) is 7.93. The molecule has 0 unspecified atom stereocenters. The topological polar surface area (TPSA) is 157 Å². The number of urea groups is 1. The summed E-state index contributed by atoms with van der Waals surface area (Å²) in [5, 5.41) is 19.2. The number of ether oxygens (including phenoxy) is 4. The molecule has 1 atom stereocenters. The van der Waals surface area contributed by atoms with Gasteiger partial charge in [0.25, 0.3) is 5.91 Å². The summed E-state index contributed by atoms with van der Waals surface area (Å²) in [6.45, 7) is 3.10. The van der Waals surface area contributed by atoms with Gasteiger partial charge in [0.15, 0.2) is 29.6 Å². The van der Waals surface area contributed by atoms with Gasteiger partial charge in [0.05, 0.1) is 43.1 Å². The number of nitrogens with zero attached hydrogens (tertiary/aromatic N) is 1. The highest BCUT2D eigenvalue weighted by Crippen LogP contribution is 2.41. The number of amides is 3. The fraction of sp³-hybridized carbons (Fsp3) is 0.280. The van der Waals surface area contributed by atoms with Gasteiger partial charge in [-0.25, -0.2) is 15.0 Å². The minimum absolute atomic E-state index is 0.0790. The molecule has 0 aromatic heterocycles. The second kappa shape index (κ2) is 13.3. The Morgan fingerprint density at radius 3 is 2.51 bits per heavy atom. The molecule has 3 rings (SSSR count). The van der Waals surface area contributed by atoms with Gasteiger partial charge in [-0.05, 0) is 69.5 Å². The van der Waals surface area contributed by atoms with Gasteiger partial charge in [-0.2, -0.15) is 5.10 Å². The molecule has 1 aliphatic heterocycles. The number of hydrogen-bond acceptors (Lipinski definition) is 9. The van der Waals surface area contributed by atoms with Crippen molar-refractivity contribution in [3.05, 3.63) is 55.6 Å². The average Bonchev–Trinajstić information content (AvgIpc) is 2.91. The van der Waals surface area contributed by atoms with Crippen LogP contribution in [0.15, 0.2) is 49.6 Å². The van der Waals surface area contributed by atoms with Crippen molar-refractivity contribution >= 4 is 56.0 Å². The highest BCUT2D eigenvalue weighted by atomic mass is 79.9. The van der Waals surface area contributed by atoms with E-state index in [0.29, 0.717) is 25.8 Å². The van der Waals surface area contributed by atoms with Crippen LogP contribution in [0, 0.1) is 0 Å². The summed E-state index contributed by atoms with van der Waals surface area (Å²) in [4.78, 5) is 37.0. The zero-order chi connectivity index (χ0) is 28.7. The van der Waals surface area contributed by atoms with E-state index in [1.165, 1.54) is 26.5 Å². The van der Waals surface area contributed by atoms with Crippen LogP contribution in [0.3, 0.4) is 0 Å². The van der Waals surface area contributed by atoms with E-state index < -0.39 is 23.9 Å². The van der Waals surface area contributed by atoms with Crippen molar-refractivity contribution in [3.63, 3.8) is 0 Å². The number of carbonyl (C=O) groups excluding carboxylic acids is 3. The van der Waals surface area contributed by atoms with Crippen molar-refractivity contribution in [1.82, 2.24) is 16.1 Å². The van der Waals surface area contributed by atoms with Gasteiger partial charge in [0.2, 0.25) is 0 Å². The van der Waals surface area contributed by atoms with E-state index in [1.54, 1.807) is 32.0 Å². The summed E-state index contributed by atoms with van der Waals surface area (Å²) in [5.74, 6) is -0.428. The first-order chi connectivity index (χ1) is 18.6. The predicted octanol–water partition coefficient (Wildman–Crippen LogP) is 3.65. The van der Waals surface area contributed by atoms with E-state index in [-0.39, 0.29) is 41.8 Å². The van der Waals surface area contributed by atoms with E-state index in [1.807, 2.05) is 0 Å². The number of rotatable bonds is 10. The summed E-state index contributed by atoms with van der Waals surface area (Å²) < 4.78 is 22.2. The van der Waals surface area contributed by atoms with Crippen LogP contribution in [-0.2, 0) is 14.3 Å². The van der Waals surface area contributed by atoms with Crippen LogP contribution in [-0.4, -0.2) is 56.7 Å². The predicted molar refractivity (Wildman–Crippen MR) is 148 cm³/mol. The van der Waals surface area contributed by atoms with Crippen molar-refractivity contribution in [3.8, 4) is 23.0 Å². The maximum Gasteiger partial charge on any atom is 0.338 e. The highest BCUT2D eigenvalue weighted by molar-refractivity contribution is 9.13. The molecule has 39 heavy (non-hydrogen) atoms. The first-order valence-corrected chi connectivity index (χ1v) is 13.0. The Labute approximate surface area is 241 Å². The fourth-order valence-electron chi connectivity index (χ4n) is 3.62. The van der Waals surface area contributed by atoms with Crippen LogP contribution in [0.1, 0.15) is 31.0 Å². The zero-order valence-electron chi connectivity index (χ0n) is 21.4. The highest BCUT2D eigenvalue weighted by Gasteiger charge is 2.32. The van der Waals surface area contributed by atoms with Crippen LogP contribution in [0.25, 0.3) is 0 Å². The van der Waals surface area contributed by atoms with E-state index in [2.05, 4.69) is 53.0 Å². The van der Waals surface area contributed by atoms with Gasteiger partial charge in [-0.1, -0.05) is 6.07 Å². The van der Waals surface area contributed by atoms with Crippen LogP contribution in [0.4, 0.5) is 4.79 Å².